The number of nitrogens with zero attached hydrogens (tertiary/aromatic N) is 1. The molecular formula is C9H18N4O3. The SMILES string of the molecule is NC(N)=NCCCC(N)C(=O)CCC(=O)O. The molecule has 0 aromatic rings. The molecule has 0 aromatic heterocycles. The van der Waals surface area contributed by atoms with E-state index in [9.17, 15) is 9.59 Å². The van der Waals surface area contributed by atoms with Gasteiger partial charge in [-0.3, -0.25) is 14.6 Å². The zero-order valence-corrected chi connectivity index (χ0v) is 9.06. The molecule has 0 aliphatic heterocycles. The third-order valence-electron chi connectivity index (χ3n) is 1.97. The summed E-state index contributed by atoms with van der Waals surface area (Å²) in [5, 5.41) is 8.38. The van der Waals surface area contributed by atoms with Crippen LogP contribution in [-0.2, 0) is 9.59 Å². The van der Waals surface area contributed by atoms with Crippen LogP contribution in [0.15, 0.2) is 4.99 Å². The summed E-state index contributed by atoms with van der Waals surface area (Å²) in [6.07, 6.45) is 0.840. The Hall–Kier alpha value is -1.63. The largest absolute Gasteiger partial charge is 0.481 e. The summed E-state index contributed by atoms with van der Waals surface area (Å²) in [6.45, 7) is 0.419. The first-order valence-electron chi connectivity index (χ1n) is 4.99. The Morgan fingerprint density at radius 1 is 1.25 bits per heavy atom. The summed E-state index contributed by atoms with van der Waals surface area (Å²) < 4.78 is 0. The Bertz CT molecular complexity index is 274. The number of guanidine groups is 1. The number of hydrogen-bond donors (Lipinski definition) is 4. The van der Waals surface area contributed by atoms with E-state index in [1.807, 2.05) is 0 Å². The van der Waals surface area contributed by atoms with Crippen LogP contribution in [0.5, 0.6) is 0 Å². The van der Waals surface area contributed by atoms with E-state index in [4.69, 9.17) is 22.3 Å². The van der Waals surface area contributed by atoms with E-state index in [-0.39, 0.29) is 24.6 Å². The molecule has 0 rings (SSSR count). The van der Waals surface area contributed by atoms with Gasteiger partial charge in [0.15, 0.2) is 5.96 Å². The zero-order valence-electron chi connectivity index (χ0n) is 9.06. The van der Waals surface area contributed by atoms with E-state index in [1.54, 1.807) is 0 Å². The minimum atomic E-state index is -0.999. The highest BCUT2D eigenvalue weighted by Gasteiger charge is 2.13. The van der Waals surface area contributed by atoms with Crippen molar-refractivity contribution in [1.82, 2.24) is 0 Å². The molecule has 1 atom stereocenters. The summed E-state index contributed by atoms with van der Waals surface area (Å²) in [6, 6.07) is -0.631. The van der Waals surface area contributed by atoms with Gasteiger partial charge in [-0.25, -0.2) is 0 Å². The molecule has 0 saturated carbocycles. The van der Waals surface area contributed by atoms with Gasteiger partial charge in [0.2, 0.25) is 0 Å². The van der Waals surface area contributed by atoms with Crippen LogP contribution in [0.2, 0.25) is 0 Å². The Balaban J connectivity index is 3.71. The lowest BCUT2D eigenvalue weighted by molar-refractivity contribution is -0.138. The first-order chi connectivity index (χ1) is 7.43. The Kier molecular flexibility index (Phi) is 6.86. The van der Waals surface area contributed by atoms with Gasteiger partial charge in [-0.1, -0.05) is 0 Å². The van der Waals surface area contributed by atoms with Gasteiger partial charge in [0.25, 0.3) is 0 Å². The molecular weight excluding hydrogens is 212 g/mol. The zero-order chi connectivity index (χ0) is 12.6. The molecule has 0 aliphatic rings. The van der Waals surface area contributed by atoms with Gasteiger partial charge in [-0.15, -0.1) is 0 Å². The van der Waals surface area contributed by atoms with Crippen LogP contribution in [0, 0.1) is 0 Å². The van der Waals surface area contributed by atoms with Crippen molar-refractivity contribution < 1.29 is 14.7 Å². The molecule has 16 heavy (non-hydrogen) atoms. The molecule has 0 spiro atoms. The summed E-state index contributed by atoms with van der Waals surface area (Å²) in [5.74, 6) is -1.24. The number of Topliss-reactive ketones (excluding diaryl/α,β-unsaturated/α-hetero) is 1. The summed E-state index contributed by atoms with van der Waals surface area (Å²) in [5.41, 5.74) is 15.8. The van der Waals surface area contributed by atoms with E-state index in [2.05, 4.69) is 4.99 Å². The van der Waals surface area contributed by atoms with Crippen molar-refractivity contribution in [3.8, 4) is 0 Å². The van der Waals surface area contributed by atoms with Gasteiger partial charge in [0.05, 0.1) is 12.5 Å². The molecule has 7 N–H and O–H groups in total. The smallest absolute Gasteiger partial charge is 0.303 e. The number of nitrogens with two attached hydrogens (primary N) is 3. The number of aliphatic carboxylic acids is 1. The first-order valence-corrected chi connectivity index (χ1v) is 4.99. The highest BCUT2D eigenvalue weighted by molar-refractivity contribution is 5.86. The summed E-state index contributed by atoms with van der Waals surface area (Å²) >= 11 is 0. The van der Waals surface area contributed by atoms with Crippen LogP contribution in [0.1, 0.15) is 25.7 Å². The standard InChI is InChI=1S/C9H18N4O3/c10-6(2-1-5-13-9(11)12)7(14)3-4-8(15)16/h6H,1-5,10H2,(H,15,16)(H4,11,12,13). The van der Waals surface area contributed by atoms with E-state index < -0.39 is 12.0 Å². The van der Waals surface area contributed by atoms with Crippen molar-refractivity contribution in [3.05, 3.63) is 0 Å². The lowest BCUT2D eigenvalue weighted by atomic mass is 10.0. The lowest BCUT2D eigenvalue weighted by Crippen LogP contribution is -2.31. The quantitative estimate of drug-likeness (QED) is 0.234. The number of hydrogen-bond acceptors (Lipinski definition) is 4. The second-order valence-corrected chi connectivity index (χ2v) is 3.42. The lowest BCUT2D eigenvalue weighted by Gasteiger charge is -2.08. The maximum absolute atomic E-state index is 11.3. The van der Waals surface area contributed by atoms with Gasteiger partial charge >= 0.3 is 5.97 Å². The molecule has 0 aromatic carbocycles. The maximum Gasteiger partial charge on any atom is 0.303 e. The van der Waals surface area contributed by atoms with Gasteiger partial charge in [-0.2, -0.15) is 0 Å². The molecule has 1 unspecified atom stereocenters. The minimum absolute atomic E-state index is 0.00535. The second-order valence-electron chi connectivity index (χ2n) is 3.42. The van der Waals surface area contributed by atoms with Crippen LogP contribution in [-0.4, -0.2) is 35.4 Å². The summed E-state index contributed by atoms with van der Waals surface area (Å²) in [4.78, 5) is 25.3. The van der Waals surface area contributed by atoms with Crippen LogP contribution < -0.4 is 17.2 Å². The number of carbonyl (C=O) groups is 2. The minimum Gasteiger partial charge on any atom is -0.481 e. The van der Waals surface area contributed by atoms with Gasteiger partial charge in [-0.05, 0) is 12.8 Å². The van der Waals surface area contributed by atoms with E-state index >= 15 is 0 Å². The van der Waals surface area contributed by atoms with Crippen LogP contribution >= 0.6 is 0 Å². The number of carbonyl (C=O) groups excluding carboxylic acids is 1. The molecule has 0 fully saturated rings. The Morgan fingerprint density at radius 2 is 1.88 bits per heavy atom. The van der Waals surface area contributed by atoms with Crippen LogP contribution in [0.25, 0.3) is 0 Å². The highest BCUT2D eigenvalue weighted by Crippen LogP contribution is 2.01. The molecule has 0 bridgehead atoms. The molecule has 0 heterocycles. The monoisotopic (exact) mass is 230 g/mol. The van der Waals surface area contributed by atoms with Crippen molar-refractivity contribution in [2.75, 3.05) is 6.54 Å². The number of carboxylic acids is 1. The van der Waals surface area contributed by atoms with Crippen LogP contribution in [0.3, 0.4) is 0 Å². The first kappa shape index (κ1) is 14.4. The number of rotatable bonds is 8. The predicted molar refractivity (Wildman–Crippen MR) is 59.8 cm³/mol. The molecule has 0 radical (unpaired) electrons. The van der Waals surface area contributed by atoms with Gasteiger partial charge in [0, 0.05) is 13.0 Å². The van der Waals surface area contributed by atoms with Crippen LogP contribution in [0.4, 0.5) is 0 Å². The van der Waals surface area contributed by atoms with Crippen molar-refractivity contribution in [3.63, 3.8) is 0 Å². The third kappa shape index (κ3) is 7.74. The van der Waals surface area contributed by atoms with E-state index in [1.165, 1.54) is 0 Å². The fraction of sp³-hybridized carbons (Fsp3) is 0.667. The van der Waals surface area contributed by atoms with Crippen molar-refractivity contribution in [2.24, 2.45) is 22.2 Å². The predicted octanol–water partition coefficient (Wildman–Crippen LogP) is -1.20. The molecule has 92 valence electrons. The fourth-order valence-electron chi connectivity index (χ4n) is 1.10. The number of aliphatic imine (C=N–C) groups is 1. The summed E-state index contributed by atoms with van der Waals surface area (Å²) in [7, 11) is 0. The average molecular weight is 230 g/mol. The second kappa shape index (κ2) is 7.63. The number of ketones is 1. The topological polar surface area (TPSA) is 145 Å². The van der Waals surface area contributed by atoms with Crippen molar-refractivity contribution in [1.29, 1.82) is 0 Å². The van der Waals surface area contributed by atoms with Gasteiger partial charge in [0.1, 0.15) is 5.78 Å². The highest BCUT2D eigenvalue weighted by atomic mass is 16.4. The molecule has 0 saturated heterocycles. The average Bonchev–Trinajstić information content (AvgIpc) is 2.20. The van der Waals surface area contributed by atoms with Crippen molar-refractivity contribution >= 4 is 17.7 Å². The third-order valence-corrected chi connectivity index (χ3v) is 1.97. The normalized spacial score (nSPS) is 11.8. The van der Waals surface area contributed by atoms with Gasteiger partial charge < -0.3 is 22.3 Å². The molecule has 7 heteroatoms. The maximum atomic E-state index is 11.3. The Morgan fingerprint density at radius 3 is 2.38 bits per heavy atom. The molecule has 7 nitrogen and oxygen atoms in total. The molecule has 0 amide bonds. The van der Waals surface area contributed by atoms with E-state index in [0.717, 1.165) is 0 Å². The van der Waals surface area contributed by atoms with E-state index in [0.29, 0.717) is 19.4 Å². The Labute approximate surface area is 93.7 Å². The van der Waals surface area contributed by atoms with Crippen molar-refractivity contribution in [2.45, 2.75) is 31.7 Å². The molecule has 0 aliphatic carbocycles. The fourth-order valence-corrected chi connectivity index (χ4v) is 1.10. The number of carboxylic acid groups (broad SMARTS) is 1.